The quantitative estimate of drug-likeness (QED) is 0.271. The molecule has 2 aromatic carbocycles. The van der Waals surface area contributed by atoms with Gasteiger partial charge in [0, 0.05) is 36.0 Å². The minimum absolute atomic E-state index is 0.308. The maximum atomic E-state index is 13.3. The molecular weight excluding hydrogens is 523 g/mol. The summed E-state index contributed by atoms with van der Waals surface area (Å²) in [6.45, 7) is 3.11. The first-order chi connectivity index (χ1) is 18.5. The van der Waals surface area contributed by atoms with Gasteiger partial charge in [0.1, 0.15) is 17.3 Å². The number of halogens is 2. The van der Waals surface area contributed by atoms with Crippen molar-refractivity contribution < 1.29 is 14.3 Å². The molecule has 0 unspecified atom stereocenters. The summed E-state index contributed by atoms with van der Waals surface area (Å²) in [7, 11) is 3.05. The molecule has 0 atom stereocenters. The molecule has 1 aliphatic heterocycles. The molecule has 1 N–H and O–H groups in total. The molecule has 1 fully saturated rings. The van der Waals surface area contributed by atoms with Crippen molar-refractivity contribution in [3.63, 3.8) is 0 Å². The molecule has 38 heavy (non-hydrogen) atoms. The molecule has 4 aromatic rings. The molecule has 0 radical (unpaired) electrons. The molecule has 7 nitrogen and oxygen atoms in total. The number of rotatable bonds is 7. The second-order valence-corrected chi connectivity index (χ2v) is 9.94. The molecule has 5 rings (SSSR count). The summed E-state index contributed by atoms with van der Waals surface area (Å²) in [4.78, 5) is 24.8. The van der Waals surface area contributed by atoms with Gasteiger partial charge in [0.15, 0.2) is 0 Å². The Balaban J connectivity index is 1.45. The number of carbonyl (C=O) groups is 1. The van der Waals surface area contributed by atoms with E-state index in [2.05, 4.69) is 20.2 Å². The Kier molecular flexibility index (Phi) is 7.98. The van der Waals surface area contributed by atoms with Crippen LogP contribution in [-0.2, 0) is 6.54 Å². The molecular formula is C29H28Cl2N4O3. The smallest absolute Gasteiger partial charge is 0.259 e. The Morgan fingerprint density at radius 3 is 2.37 bits per heavy atom. The van der Waals surface area contributed by atoms with E-state index < -0.39 is 0 Å². The van der Waals surface area contributed by atoms with Crippen LogP contribution in [0, 0.1) is 0 Å². The Bertz CT molecular complexity index is 1440. The zero-order valence-electron chi connectivity index (χ0n) is 21.3. The van der Waals surface area contributed by atoms with Crippen molar-refractivity contribution in [3.8, 4) is 22.6 Å². The minimum atomic E-state index is -0.308. The predicted octanol–water partition coefficient (Wildman–Crippen LogP) is 6.86. The lowest BCUT2D eigenvalue weighted by Crippen LogP contribution is -2.29. The number of hydrogen-bond donors (Lipinski definition) is 1. The standard InChI is InChI=1S/C29H28Cl2N4O3/c1-37-22-15-23(38-2)27(31)25(26(22)30)19-9-10-21(28-20(19)7-6-12-32-28)29(36)34-24-11-8-18(16-33-24)17-35-13-4-3-5-14-35/h6-12,15-16H,3-5,13-14,17H2,1-2H3,(H,33,34,36). The van der Waals surface area contributed by atoms with Crippen LogP contribution < -0.4 is 14.8 Å². The Morgan fingerprint density at radius 1 is 0.974 bits per heavy atom. The lowest BCUT2D eigenvalue weighted by Gasteiger charge is -2.26. The SMILES string of the molecule is COc1cc(OC)c(Cl)c(-c2ccc(C(=O)Nc3ccc(CN4CCCCC4)cn3)c3ncccc23)c1Cl. The molecule has 0 spiro atoms. The van der Waals surface area contributed by atoms with Gasteiger partial charge in [-0.3, -0.25) is 14.7 Å². The third-order valence-electron chi connectivity index (χ3n) is 6.78. The highest BCUT2D eigenvalue weighted by molar-refractivity contribution is 6.41. The maximum Gasteiger partial charge on any atom is 0.259 e. The van der Waals surface area contributed by atoms with Crippen LogP contribution in [0.4, 0.5) is 5.82 Å². The van der Waals surface area contributed by atoms with E-state index in [1.165, 1.54) is 33.5 Å². The van der Waals surface area contributed by atoms with E-state index >= 15 is 0 Å². The first-order valence-electron chi connectivity index (χ1n) is 12.5. The Hall–Kier alpha value is -3.39. The number of piperidine rings is 1. The van der Waals surface area contributed by atoms with Gasteiger partial charge in [-0.25, -0.2) is 4.98 Å². The van der Waals surface area contributed by atoms with E-state index in [-0.39, 0.29) is 5.91 Å². The fourth-order valence-corrected chi connectivity index (χ4v) is 5.55. The maximum absolute atomic E-state index is 13.3. The lowest BCUT2D eigenvalue weighted by atomic mass is 9.97. The van der Waals surface area contributed by atoms with E-state index in [9.17, 15) is 4.79 Å². The predicted molar refractivity (Wildman–Crippen MR) is 152 cm³/mol. The normalized spacial score (nSPS) is 13.9. The second-order valence-electron chi connectivity index (χ2n) is 9.19. The number of likely N-dealkylation sites (tertiary alicyclic amines) is 1. The van der Waals surface area contributed by atoms with Crippen molar-refractivity contribution in [1.29, 1.82) is 0 Å². The molecule has 196 valence electrons. The summed E-state index contributed by atoms with van der Waals surface area (Å²) in [5.74, 6) is 1.03. The lowest BCUT2D eigenvalue weighted by molar-refractivity contribution is 0.102. The number of methoxy groups -OCH3 is 2. The molecule has 0 saturated carbocycles. The summed E-state index contributed by atoms with van der Waals surface area (Å²) < 4.78 is 10.9. The van der Waals surface area contributed by atoms with Crippen molar-refractivity contribution in [2.24, 2.45) is 0 Å². The number of anilines is 1. The van der Waals surface area contributed by atoms with Crippen LogP contribution in [-0.4, -0.2) is 48.1 Å². The molecule has 1 aliphatic rings. The van der Waals surface area contributed by atoms with Crippen molar-refractivity contribution in [2.45, 2.75) is 25.8 Å². The molecule has 0 bridgehead atoms. The van der Waals surface area contributed by atoms with Crippen LogP contribution in [0.5, 0.6) is 11.5 Å². The molecule has 0 aliphatic carbocycles. The van der Waals surface area contributed by atoms with Crippen LogP contribution in [0.1, 0.15) is 35.2 Å². The van der Waals surface area contributed by atoms with Crippen molar-refractivity contribution >= 4 is 45.8 Å². The van der Waals surface area contributed by atoms with Crippen LogP contribution in [0.25, 0.3) is 22.0 Å². The largest absolute Gasteiger partial charge is 0.495 e. The first kappa shape index (κ1) is 26.2. The van der Waals surface area contributed by atoms with Gasteiger partial charge < -0.3 is 14.8 Å². The summed E-state index contributed by atoms with van der Waals surface area (Å²) in [5, 5.41) is 4.30. The minimum Gasteiger partial charge on any atom is -0.495 e. The summed E-state index contributed by atoms with van der Waals surface area (Å²) in [5.41, 5.74) is 3.30. The van der Waals surface area contributed by atoms with Gasteiger partial charge >= 0.3 is 0 Å². The van der Waals surface area contributed by atoms with Gasteiger partial charge in [0.05, 0.1) is 35.3 Å². The highest BCUT2D eigenvalue weighted by Gasteiger charge is 2.22. The summed E-state index contributed by atoms with van der Waals surface area (Å²) in [6.07, 6.45) is 7.26. The fraction of sp³-hybridized carbons (Fsp3) is 0.276. The zero-order chi connectivity index (χ0) is 26.6. The highest BCUT2D eigenvalue weighted by atomic mass is 35.5. The third-order valence-corrected chi connectivity index (χ3v) is 7.53. The number of aromatic nitrogens is 2. The topological polar surface area (TPSA) is 76.6 Å². The van der Waals surface area contributed by atoms with E-state index in [1.54, 1.807) is 30.5 Å². The number of hydrogen-bond acceptors (Lipinski definition) is 6. The number of nitrogens with zero attached hydrogens (tertiary/aromatic N) is 3. The van der Waals surface area contributed by atoms with Gasteiger partial charge in [-0.15, -0.1) is 0 Å². The van der Waals surface area contributed by atoms with E-state index in [1.807, 2.05) is 24.4 Å². The average molecular weight is 551 g/mol. The monoisotopic (exact) mass is 550 g/mol. The number of fused-ring (bicyclic) bond motifs is 1. The Labute approximate surface area is 231 Å². The van der Waals surface area contributed by atoms with Crippen LogP contribution >= 0.6 is 23.2 Å². The molecule has 9 heteroatoms. The summed E-state index contributed by atoms with van der Waals surface area (Å²) >= 11 is 13.4. The number of pyridine rings is 2. The van der Waals surface area contributed by atoms with Crippen molar-refractivity contribution in [1.82, 2.24) is 14.9 Å². The highest BCUT2D eigenvalue weighted by Crippen LogP contribution is 2.47. The van der Waals surface area contributed by atoms with Crippen LogP contribution in [0.3, 0.4) is 0 Å². The number of benzene rings is 2. The van der Waals surface area contributed by atoms with Gasteiger partial charge in [-0.2, -0.15) is 0 Å². The number of nitrogens with one attached hydrogen (secondary N) is 1. The van der Waals surface area contributed by atoms with Gasteiger partial charge in [-0.05, 0) is 55.3 Å². The summed E-state index contributed by atoms with van der Waals surface area (Å²) in [6, 6.07) is 12.7. The van der Waals surface area contributed by atoms with Gasteiger partial charge in [0.25, 0.3) is 5.91 Å². The molecule has 2 aromatic heterocycles. The van der Waals surface area contributed by atoms with Crippen LogP contribution in [0.2, 0.25) is 10.0 Å². The molecule has 1 amide bonds. The number of carbonyl (C=O) groups excluding carboxylic acids is 1. The van der Waals surface area contributed by atoms with E-state index in [4.69, 9.17) is 32.7 Å². The van der Waals surface area contributed by atoms with Gasteiger partial charge in [0.2, 0.25) is 0 Å². The van der Waals surface area contributed by atoms with Crippen molar-refractivity contribution in [3.05, 3.63) is 76.0 Å². The molecule has 1 saturated heterocycles. The average Bonchev–Trinajstić information content (AvgIpc) is 2.95. The van der Waals surface area contributed by atoms with Crippen molar-refractivity contribution in [2.75, 3.05) is 32.6 Å². The van der Waals surface area contributed by atoms with Crippen LogP contribution in [0.15, 0.2) is 54.9 Å². The Morgan fingerprint density at radius 2 is 1.71 bits per heavy atom. The number of ether oxygens (including phenoxy) is 2. The number of amides is 1. The molecule has 3 heterocycles. The second kappa shape index (κ2) is 11.6. The fourth-order valence-electron chi connectivity index (χ4n) is 4.85. The van der Waals surface area contributed by atoms with E-state index in [0.29, 0.717) is 55.0 Å². The first-order valence-corrected chi connectivity index (χ1v) is 13.2. The third kappa shape index (κ3) is 5.27. The van der Waals surface area contributed by atoms with Gasteiger partial charge in [-0.1, -0.05) is 47.8 Å². The van der Waals surface area contributed by atoms with E-state index in [0.717, 1.165) is 25.2 Å². The zero-order valence-corrected chi connectivity index (χ0v) is 22.8.